The minimum Gasteiger partial charge on any atom is -0.481 e. The monoisotopic (exact) mass is 442 g/mol. The van der Waals surface area contributed by atoms with Gasteiger partial charge in [0, 0.05) is 12.3 Å². The molecule has 2 saturated carbocycles. The topological polar surface area (TPSA) is 89.9 Å². The Hall–Kier alpha value is -1.66. The van der Waals surface area contributed by atoms with E-state index in [-0.39, 0.29) is 30.3 Å². The van der Waals surface area contributed by atoms with Crippen LogP contribution in [0.4, 0.5) is 4.39 Å². The highest BCUT2D eigenvalue weighted by Gasteiger charge is 2.45. The fraction of sp³-hybridized carbons (Fsp3) is 0.875. The van der Waals surface area contributed by atoms with Gasteiger partial charge < -0.3 is 14.6 Å². The number of alkyl halides is 1. The summed E-state index contributed by atoms with van der Waals surface area (Å²) in [6, 6.07) is 0. The van der Waals surface area contributed by atoms with E-state index in [0.29, 0.717) is 30.6 Å². The summed E-state index contributed by atoms with van der Waals surface area (Å²) >= 11 is 0. The van der Waals surface area contributed by atoms with Crippen molar-refractivity contribution in [2.24, 2.45) is 29.6 Å². The number of carbonyl (C=O) groups excluding carboxylic acids is 2. The molecule has 2 aliphatic carbocycles. The lowest BCUT2D eigenvalue weighted by Gasteiger charge is -2.48. The summed E-state index contributed by atoms with van der Waals surface area (Å²) in [5.74, 6) is 0.125. The number of carbonyl (C=O) groups is 3. The molecule has 0 radical (unpaired) electrons. The van der Waals surface area contributed by atoms with E-state index in [2.05, 4.69) is 6.92 Å². The van der Waals surface area contributed by atoms with E-state index in [9.17, 15) is 18.8 Å². The van der Waals surface area contributed by atoms with Crippen LogP contribution in [0.5, 0.6) is 0 Å². The minimum absolute atomic E-state index is 0.0839. The number of aliphatic carboxylic acids is 1. The van der Waals surface area contributed by atoms with Crippen LogP contribution in [0.25, 0.3) is 0 Å². The van der Waals surface area contributed by atoms with Crippen LogP contribution >= 0.6 is 0 Å². The van der Waals surface area contributed by atoms with E-state index in [1.165, 1.54) is 0 Å². The molecule has 8 atom stereocenters. The number of carboxylic acid groups (broad SMARTS) is 1. The Morgan fingerprint density at radius 2 is 1.97 bits per heavy atom. The molecule has 0 heterocycles. The molecule has 0 bridgehead atoms. The maximum atomic E-state index is 14.0. The van der Waals surface area contributed by atoms with Crippen LogP contribution in [-0.2, 0) is 23.9 Å². The van der Waals surface area contributed by atoms with E-state index in [4.69, 9.17) is 14.6 Å². The van der Waals surface area contributed by atoms with Crippen molar-refractivity contribution < 1.29 is 33.4 Å². The maximum Gasteiger partial charge on any atom is 0.308 e. The third-order valence-corrected chi connectivity index (χ3v) is 7.52. The van der Waals surface area contributed by atoms with Gasteiger partial charge in [-0.15, -0.1) is 0 Å². The largest absolute Gasteiger partial charge is 0.481 e. The van der Waals surface area contributed by atoms with Crippen molar-refractivity contribution in [2.75, 3.05) is 0 Å². The first-order valence-electron chi connectivity index (χ1n) is 11.9. The molecule has 6 nitrogen and oxygen atoms in total. The normalized spacial score (nSPS) is 31.0. The third-order valence-electron chi connectivity index (χ3n) is 7.52. The summed E-state index contributed by atoms with van der Waals surface area (Å²) in [6.45, 7) is 6.43. The zero-order valence-corrected chi connectivity index (χ0v) is 19.1. The number of ether oxygens (including phenoxy) is 2. The van der Waals surface area contributed by atoms with Gasteiger partial charge in [0.15, 0.2) is 0 Å². The van der Waals surface area contributed by atoms with Gasteiger partial charge in [0.25, 0.3) is 6.47 Å². The fourth-order valence-electron chi connectivity index (χ4n) is 5.61. The molecule has 0 aliphatic heterocycles. The highest BCUT2D eigenvalue weighted by molar-refractivity contribution is 5.72. The molecule has 0 amide bonds. The average molecular weight is 443 g/mol. The molecule has 2 aliphatic rings. The lowest BCUT2D eigenvalue weighted by Crippen LogP contribution is -2.46. The van der Waals surface area contributed by atoms with E-state index in [1.807, 2.05) is 13.8 Å². The second kappa shape index (κ2) is 12.4. The van der Waals surface area contributed by atoms with Crippen molar-refractivity contribution >= 4 is 18.4 Å². The lowest BCUT2D eigenvalue weighted by molar-refractivity contribution is -0.165. The second-order valence-corrected chi connectivity index (χ2v) is 9.63. The summed E-state index contributed by atoms with van der Waals surface area (Å²) in [5.41, 5.74) is 0. The summed E-state index contributed by atoms with van der Waals surface area (Å²) in [6.07, 6.45) is 4.38. The van der Waals surface area contributed by atoms with Gasteiger partial charge in [0.2, 0.25) is 0 Å². The first-order chi connectivity index (χ1) is 14.8. The van der Waals surface area contributed by atoms with Gasteiger partial charge in [0.05, 0.1) is 12.3 Å². The molecule has 0 aromatic carbocycles. The van der Waals surface area contributed by atoms with E-state index >= 15 is 0 Å². The van der Waals surface area contributed by atoms with Gasteiger partial charge in [-0.1, -0.05) is 27.2 Å². The van der Waals surface area contributed by atoms with Crippen LogP contribution in [0, 0.1) is 29.6 Å². The van der Waals surface area contributed by atoms with Crippen LogP contribution in [-0.4, -0.2) is 41.9 Å². The predicted octanol–water partition coefficient (Wildman–Crippen LogP) is 4.93. The van der Waals surface area contributed by atoms with Gasteiger partial charge in [0.1, 0.15) is 18.4 Å². The number of fused-ring (bicyclic) bond motifs is 1. The zero-order valence-electron chi connectivity index (χ0n) is 19.1. The number of carboxylic acids is 1. The van der Waals surface area contributed by atoms with E-state index in [0.717, 1.165) is 44.9 Å². The Balaban J connectivity index is 2.07. The number of hydrogen-bond donors (Lipinski definition) is 1. The van der Waals surface area contributed by atoms with Crippen LogP contribution < -0.4 is 0 Å². The van der Waals surface area contributed by atoms with Crippen molar-refractivity contribution in [1.29, 1.82) is 0 Å². The summed E-state index contributed by atoms with van der Waals surface area (Å²) in [4.78, 5) is 34.2. The number of esters is 1. The van der Waals surface area contributed by atoms with Crippen LogP contribution in [0.1, 0.15) is 85.0 Å². The molecule has 2 fully saturated rings. The standard InChI is InChI=1S/C24H39FO6/c1-4-15(2)24(29)31-21-7-5-6-17-9-8-16(3)20(23(17)21)11-10-19(30-14-26)12-18(25)13-22(27)28/h14-21,23H,4-13H2,1-3H3,(H,27,28)/t15-,16-,17?,18-,19+,20-,21-,23?/m0/s1. The Morgan fingerprint density at radius 3 is 2.61 bits per heavy atom. The number of rotatable bonds is 12. The summed E-state index contributed by atoms with van der Waals surface area (Å²) in [5, 5.41) is 8.79. The Bertz CT molecular complexity index is 597. The number of halogens is 1. The molecule has 2 rings (SSSR count). The molecular formula is C24H39FO6. The molecule has 0 aromatic heterocycles. The van der Waals surface area contributed by atoms with Crippen molar-refractivity contribution in [3.63, 3.8) is 0 Å². The van der Waals surface area contributed by atoms with Crippen molar-refractivity contribution in [3.05, 3.63) is 0 Å². The molecule has 1 N–H and O–H groups in total. The van der Waals surface area contributed by atoms with Crippen LogP contribution in [0.15, 0.2) is 0 Å². The fourth-order valence-corrected chi connectivity index (χ4v) is 5.61. The van der Waals surface area contributed by atoms with Gasteiger partial charge in [-0.25, -0.2) is 4.39 Å². The highest BCUT2D eigenvalue weighted by atomic mass is 19.1. The minimum atomic E-state index is -1.54. The predicted molar refractivity (Wildman–Crippen MR) is 114 cm³/mol. The summed E-state index contributed by atoms with van der Waals surface area (Å²) in [7, 11) is 0. The van der Waals surface area contributed by atoms with Gasteiger partial charge in [-0.2, -0.15) is 0 Å². The highest BCUT2D eigenvalue weighted by Crippen LogP contribution is 2.49. The molecular weight excluding hydrogens is 403 g/mol. The number of hydrogen-bond acceptors (Lipinski definition) is 5. The van der Waals surface area contributed by atoms with Gasteiger partial charge in [-0.3, -0.25) is 14.4 Å². The van der Waals surface area contributed by atoms with Crippen molar-refractivity contribution in [2.45, 2.75) is 103 Å². The quantitative estimate of drug-likeness (QED) is 0.340. The van der Waals surface area contributed by atoms with E-state index in [1.54, 1.807) is 0 Å². The third kappa shape index (κ3) is 7.46. The Kier molecular flexibility index (Phi) is 10.2. The molecule has 0 aromatic rings. The molecule has 178 valence electrons. The SMILES string of the molecule is CC[C@H](C)C(=O)O[C@H]1CCCC2CC[C@H](C)[C@H](CC[C@H](C[C@H](F)CC(=O)O)OC=O)C21. The second-order valence-electron chi connectivity index (χ2n) is 9.63. The molecule has 0 spiro atoms. The van der Waals surface area contributed by atoms with Crippen LogP contribution in [0.3, 0.4) is 0 Å². The van der Waals surface area contributed by atoms with Crippen LogP contribution in [0.2, 0.25) is 0 Å². The van der Waals surface area contributed by atoms with Gasteiger partial charge >= 0.3 is 11.9 Å². The smallest absolute Gasteiger partial charge is 0.308 e. The first-order valence-corrected chi connectivity index (χ1v) is 11.9. The lowest BCUT2D eigenvalue weighted by atomic mass is 9.59. The maximum absolute atomic E-state index is 14.0. The Morgan fingerprint density at radius 1 is 1.23 bits per heavy atom. The zero-order chi connectivity index (χ0) is 23.0. The molecule has 0 saturated heterocycles. The molecule has 31 heavy (non-hydrogen) atoms. The van der Waals surface area contributed by atoms with Crippen molar-refractivity contribution in [1.82, 2.24) is 0 Å². The van der Waals surface area contributed by atoms with Crippen molar-refractivity contribution in [3.8, 4) is 0 Å². The summed E-state index contributed by atoms with van der Waals surface area (Å²) < 4.78 is 25.1. The van der Waals surface area contributed by atoms with E-state index < -0.39 is 24.7 Å². The molecule has 2 unspecified atom stereocenters. The van der Waals surface area contributed by atoms with Gasteiger partial charge in [-0.05, 0) is 62.7 Å². The Labute approximate surface area is 185 Å². The molecule has 7 heteroatoms. The first kappa shape index (κ1) is 25.6. The average Bonchev–Trinajstić information content (AvgIpc) is 2.72.